The summed E-state index contributed by atoms with van der Waals surface area (Å²) in [6.45, 7) is 0. The van der Waals surface area contributed by atoms with Gasteiger partial charge in [0.25, 0.3) is 0 Å². The Labute approximate surface area is 72.2 Å². The predicted octanol–water partition coefficient (Wildman–Crippen LogP) is 1.21. The molecule has 0 saturated heterocycles. The van der Waals surface area contributed by atoms with Gasteiger partial charge in [0.15, 0.2) is 0 Å². The van der Waals surface area contributed by atoms with E-state index in [1.54, 1.807) is 12.5 Å². The molecule has 0 fully saturated rings. The summed E-state index contributed by atoms with van der Waals surface area (Å²) in [7, 11) is 0. The van der Waals surface area contributed by atoms with Crippen molar-refractivity contribution in [3.05, 3.63) is 36.5 Å². The van der Waals surface area contributed by atoms with Gasteiger partial charge >= 0.3 is 71.7 Å². The van der Waals surface area contributed by atoms with E-state index in [0.29, 0.717) is 0 Å². The molecule has 0 radical (unpaired) electrons. The Hall–Kier alpha value is -0.791. The zero-order valence-corrected chi connectivity index (χ0v) is 7.40. The Morgan fingerprint density at radius 3 is 2.91 bits per heavy atom. The maximum absolute atomic E-state index is 5.27. The predicted molar refractivity (Wildman–Crippen MR) is 42.4 cm³/mol. The third kappa shape index (κ3) is 1.17. The van der Waals surface area contributed by atoms with Crippen molar-refractivity contribution in [3.8, 4) is 0 Å². The number of ether oxygens (including phenoxy) is 1. The van der Waals surface area contributed by atoms with Crippen LogP contribution >= 0.6 is 0 Å². The SMILES string of the molecule is [Se]=C1C=COC1c1ccco1. The van der Waals surface area contributed by atoms with Crippen LogP contribution in [0.5, 0.6) is 0 Å². The summed E-state index contributed by atoms with van der Waals surface area (Å²) in [5.41, 5.74) is 0. The molecule has 0 spiro atoms. The van der Waals surface area contributed by atoms with Crippen LogP contribution in [0.3, 0.4) is 0 Å². The molecule has 0 bridgehead atoms. The second kappa shape index (κ2) is 2.68. The molecule has 56 valence electrons. The molecule has 0 saturated carbocycles. The van der Waals surface area contributed by atoms with Gasteiger partial charge in [0.1, 0.15) is 0 Å². The normalized spacial score (nSPS) is 22.2. The van der Waals surface area contributed by atoms with Gasteiger partial charge in [-0.1, -0.05) is 0 Å². The molecule has 2 rings (SSSR count). The second-order valence-electron chi connectivity index (χ2n) is 2.24. The van der Waals surface area contributed by atoms with Gasteiger partial charge in [-0.25, -0.2) is 0 Å². The van der Waals surface area contributed by atoms with Gasteiger partial charge in [0.05, 0.1) is 0 Å². The van der Waals surface area contributed by atoms with Crippen molar-refractivity contribution >= 4 is 20.0 Å². The van der Waals surface area contributed by atoms with E-state index < -0.39 is 0 Å². The summed E-state index contributed by atoms with van der Waals surface area (Å²) in [6.07, 6.45) is 5.15. The van der Waals surface area contributed by atoms with E-state index in [2.05, 4.69) is 15.6 Å². The first-order chi connectivity index (χ1) is 5.38. The van der Waals surface area contributed by atoms with Crippen LogP contribution in [-0.2, 0) is 4.74 Å². The fraction of sp³-hybridized carbons (Fsp3) is 0.125. The molecule has 1 aromatic heterocycles. The summed E-state index contributed by atoms with van der Waals surface area (Å²) in [6, 6.07) is 3.75. The molecule has 1 atom stereocenters. The van der Waals surface area contributed by atoms with Crippen LogP contribution in [0.4, 0.5) is 0 Å². The molecule has 0 amide bonds. The van der Waals surface area contributed by atoms with Gasteiger partial charge in [0, 0.05) is 0 Å². The Bertz CT molecular complexity index is 287. The number of rotatable bonds is 1. The van der Waals surface area contributed by atoms with Crippen molar-refractivity contribution in [2.75, 3.05) is 0 Å². The molecule has 1 aromatic rings. The summed E-state index contributed by atoms with van der Waals surface area (Å²) in [4.78, 5) is 0. The van der Waals surface area contributed by atoms with Crippen LogP contribution in [-0.4, -0.2) is 20.0 Å². The van der Waals surface area contributed by atoms with E-state index in [1.807, 2.05) is 18.2 Å². The molecular weight excluding hydrogens is 207 g/mol. The molecular formula is C8H6O2Se. The van der Waals surface area contributed by atoms with Crippen LogP contribution < -0.4 is 0 Å². The van der Waals surface area contributed by atoms with E-state index in [0.717, 1.165) is 10.2 Å². The van der Waals surface area contributed by atoms with Gasteiger partial charge in [-0.05, 0) is 0 Å². The average Bonchev–Trinajstić information content (AvgIpc) is 2.55. The van der Waals surface area contributed by atoms with Gasteiger partial charge in [-0.15, -0.1) is 0 Å². The molecule has 2 nitrogen and oxygen atoms in total. The van der Waals surface area contributed by atoms with Gasteiger partial charge < -0.3 is 0 Å². The Morgan fingerprint density at radius 1 is 1.45 bits per heavy atom. The summed E-state index contributed by atoms with van der Waals surface area (Å²) in [5.74, 6) is 0.837. The van der Waals surface area contributed by atoms with Gasteiger partial charge in [-0.2, -0.15) is 0 Å². The monoisotopic (exact) mass is 214 g/mol. The zero-order chi connectivity index (χ0) is 7.68. The van der Waals surface area contributed by atoms with Gasteiger partial charge in [-0.3, -0.25) is 0 Å². The quantitative estimate of drug-likeness (QED) is 0.654. The molecule has 0 N–H and O–H groups in total. The van der Waals surface area contributed by atoms with Crippen LogP contribution in [0, 0.1) is 0 Å². The summed E-state index contributed by atoms with van der Waals surface area (Å²) < 4.78 is 11.5. The van der Waals surface area contributed by atoms with Crippen molar-refractivity contribution in [2.45, 2.75) is 6.10 Å². The first kappa shape index (κ1) is 6.89. The first-order valence-corrected chi connectivity index (χ1v) is 4.13. The summed E-state index contributed by atoms with van der Waals surface area (Å²) >= 11 is 2.92. The van der Waals surface area contributed by atoms with E-state index in [-0.39, 0.29) is 6.10 Å². The van der Waals surface area contributed by atoms with Crippen molar-refractivity contribution in [1.29, 1.82) is 0 Å². The zero-order valence-electron chi connectivity index (χ0n) is 5.69. The van der Waals surface area contributed by atoms with Crippen LogP contribution in [0.2, 0.25) is 0 Å². The summed E-state index contributed by atoms with van der Waals surface area (Å²) in [5, 5.41) is 0. The van der Waals surface area contributed by atoms with Crippen LogP contribution in [0.1, 0.15) is 11.9 Å². The molecule has 1 aliphatic rings. The Balaban J connectivity index is 2.26. The van der Waals surface area contributed by atoms with Crippen molar-refractivity contribution in [1.82, 2.24) is 0 Å². The van der Waals surface area contributed by atoms with Crippen LogP contribution in [0.15, 0.2) is 35.2 Å². The van der Waals surface area contributed by atoms with Crippen LogP contribution in [0.25, 0.3) is 0 Å². The minimum absolute atomic E-state index is 0.0509. The van der Waals surface area contributed by atoms with Crippen molar-refractivity contribution in [3.63, 3.8) is 0 Å². The number of hydrogen-bond acceptors (Lipinski definition) is 2. The minimum atomic E-state index is -0.0509. The van der Waals surface area contributed by atoms with Crippen molar-refractivity contribution < 1.29 is 9.15 Å². The van der Waals surface area contributed by atoms with Gasteiger partial charge in [0.2, 0.25) is 0 Å². The fourth-order valence-corrected chi connectivity index (χ4v) is 1.46. The first-order valence-electron chi connectivity index (χ1n) is 3.27. The Morgan fingerprint density at radius 2 is 2.36 bits per heavy atom. The van der Waals surface area contributed by atoms with E-state index >= 15 is 0 Å². The third-order valence-electron chi connectivity index (χ3n) is 1.51. The average molecular weight is 213 g/mol. The van der Waals surface area contributed by atoms with E-state index in [9.17, 15) is 0 Å². The molecule has 1 aliphatic heterocycles. The van der Waals surface area contributed by atoms with E-state index in [1.165, 1.54) is 0 Å². The molecule has 0 aliphatic carbocycles. The molecule has 0 aromatic carbocycles. The van der Waals surface area contributed by atoms with E-state index in [4.69, 9.17) is 9.15 Å². The fourth-order valence-electron chi connectivity index (χ4n) is 0.987. The second-order valence-corrected chi connectivity index (χ2v) is 3.23. The topological polar surface area (TPSA) is 22.4 Å². The third-order valence-corrected chi connectivity index (χ3v) is 2.24. The standard InChI is InChI=1S/C8H6O2Se/c11-7-3-5-10-8(7)6-2-1-4-9-6/h1-5,8H. The number of hydrogen-bond donors (Lipinski definition) is 0. The van der Waals surface area contributed by atoms with Crippen molar-refractivity contribution in [2.24, 2.45) is 0 Å². The molecule has 3 heteroatoms. The number of furan rings is 1. The maximum atomic E-state index is 5.27. The molecule has 1 unspecified atom stereocenters. The molecule has 11 heavy (non-hydrogen) atoms. The Kier molecular flexibility index (Phi) is 1.68. The molecule has 2 heterocycles.